The van der Waals surface area contributed by atoms with Crippen molar-refractivity contribution in [3.05, 3.63) is 36.0 Å². The van der Waals surface area contributed by atoms with Crippen LogP contribution >= 0.6 is 0 Å². The minimum Gasteiger partial charge on any atom is -0.371 e. The number of rotatable bonds is 3. The maximum absolute atomic E-state index is 5.78. The predicted molar refractivity (Wildman–Crippen MR) is 80.3 cm³/mol. The minimum atomic E-state index is 0.496. The summed E-state index contributed by atoms with van der Waals surface area (Å²) in [7, 11) is 2.21. The Labute approximate surface area is 114 Å². The number of fused-ring (bicyclic) bond motifs is 1. The van der Waals surface area contributed by atoms with Crippen LogP contribution in [0, 0.1) is 0 Å². The number of anilines is 1. The van der Waals surface area contributed by atoms with Gasteiger partial charge in [-0.25, -0.2) is 0 Å². The third kappa shape index (κ3) is 2.30. The molecule has 19 heavy (non-hydrogen) atoms. The van der Waals surface area contributed by atoms with E-state index in [1.807, 2.05) is 6.07 Å². The zero-order valence-corrected chi connectivity index (χ0v) is 11.5. The number of benzene rings is 1. The van der Waals surface area contributed by atoms with Crippen molar-refractivity contribution in [2.75, 3.05) is 11.9 Å². The number of para-hydroxylation sites is 1. The molecule has 0 unspecified atom stereocenters. The van der Waals surface area contributed by atoms with Crippen LogP contribution in [0.15, 0.2) is 30.3 Å². The molecule has 1 aliphatic rings. The Balaban J connectivity index is 2.09. The Bertz CT molecular complexity index is 573. The molecule has 100 valence electrons. The highest BCUT2D eigenvalue weighted by Gasteiger charge is 2.21. The zero-order chi connectivity index (χ0) is 13.2. The lowest BCUT2D eigenvalue weighted by molar-refractivity contribution is 0.654. The molecule has 0 aliphatic heterocycles. The standard InChI is InChI=1S/C16H21N3/c1-19(13-6-2-3-7-13)16-10-12(11-17)18-15-9-5-4-8-14(15)16/h4-5,8-10,13H,2-3,6-7,11,17H2,1H3. The first-order chi connectivity index (χ1) is 9.29. The quantitative estimate of drug-likeness (QED) is 0.916. The number of pyridine rings is 1. The van der Waals surface area contributed by atoms with Crippen LogP contribution in [-0.4, -0.2) is 18.1 Å². The van der Waals surface area contributed by atoms with Gasteiger partial charge in [0, 0.05) is 30.7 Å². The van der Waals surface area contributed by atoms with Crippen LogP contribution in [0.25, 0.3) is 10.9 Å². The fraction of sp³-hybridized carbons (Fsp3) is 0.438. The summed E-state index contributed by atoms with van der Waals surface area (Å²) in [6, 6.07) is 11.2. The first kappa shape index (κ1) is 12.4. The topological polar surface area (TPSA) is 42.1 Å². The van der Waals surface area contributed by atoms with Crippen molar-refractivity contribution >= 4 is 16.6 Å². The van der Waals surface area contributed by atoms with Gasteiger partial charge in [0.15, 0.2) is 0 Å². The summed E-state index contributed by atoms with van der Waals surface area (Å²) in [5.41, 5.74) is 9.08. The lowest BCUT2D eigenvalue weighted by atomic mass is 10.1. The zero-order valence-electron chi connectivity index (χ0n) is 11.5. The van der Waals surface area contributed by atoms with Gasteiger partial charge in [-0.2, -0.15) is 0 Å². The van der Waals surface area contributed by atoms with Gasteiger partial charge in [0.25, 0.3) is 0 Å². The molecule has 1 heterocycles. The first-order valence-electron chi connectivity index (χ1n) is 7.11. The molecule has 2 N–H and O–H groups in total. The van der Waals surface area contributed by atoms with Gasteiger partial charge in [-0.1, -0.05) is 31.0 Å². The van der Waals surface area contributed by atoms with Gasteiger partial charge in [0.1, 0.15) is 0 Å². The summed E-state index contributed by atoms with van der Waals surface area (Å²) >= 11 is 0. The van der Waals surface area contributed by atoms with Crippen molar-refractivity contribution < 1.29 is 0 Å². The number of hydrogen-bond acceptors (Lipinski definition) is 3. The Morgan fingerprint density at radius 3 is 2.74 bits per heavy atom. The van der Waals surface area contributed by atoms with Crippen LogP contribution in [0.2, 0.25) is 0 Å². The Morgan fingerprint density at radius 1 is 1.26 bits per heavy atom. The van der Waals surface area contributed by atoms with E-state index in [4.69, 9.17) is 5.73 Å². The summed E-state index contributed by atoms with van der Waals surface area (Å²) in [4.78, 5) is 7.04. The number of hydrogen-bond donors (Lipinski definition) is 1. The second kappa shape index (κ2) is 5.17. The van der Waals surface area contributed by atoms with E-state index in [0.717, 1.165) is 11.2 Å². The molecular weight excluding hydrogens is 234 g/mol. The number of aromatic nitrogens is 1. The summed E-state index contributed by atoms with van der Waals surface area (Å²) < 4.78 is 0. The van der Waals surface area contributed by atoms with Crippen molar-refractivity contribution in [3.8, 4) is 0 Å². The van der Waals surface area contributed by atoms with Gasteiger partial charge in [0.05, 0.1) is 11.2 Å². The van der Waals surface area contributed by atoms with Gasteiger partial charge < -0.3 is 10.6 Å². The SMILES string of the molecule is CN(c1cc(CN)nc2ccccc12)C1CCCC1. The van der Waals surface area contributed by atoms with Crippen molar-refractivity contribution in [3.63, 3.8) is 0 Å². The first-order valence-corrected chi connectivity index (χ1v) is 7.11. The van der Waals surface area contributed by atoms with Crippen molar-refractivity contribution in [1.82, 2.24) is 4.98 Å². The molecule has 0 spiro atoms. The summed E-state index contributed by atoms with van der Waals surface area (Å²) in [5.74, 6) is 0. The Hall–Kier alpha value is -1.61. The molecule has 1 aromatic heterocycles. The largest absolute Gasteiger partial charge is 0.371 e. The van der Waals surface area contributed by atoms with Crippen LogP contribution in [0.1, 0.15) is 31.4 Å². The molecule has 1 aromatic carbocycles. The highest BCUT2D eigenvalue weighted by Crippen LogP contribution is 2.32. The Morgan fingerprint density at radius 2 is 2.00 bits per heavy atom. The average Bonchev–Trinajstić information content (AvgIpc) is 2.99. The molecule has 1 aliphatic carbocycles. The summed E-state index contributed by atoms with van der Waals surface area (Å²) in [6.07, 6.45) is 5.29. The molecule has 0 bridgehead atoms. The molecule has 0 atom stereocenters. The maximum Gasteiger partial charge on any atom is 0.0726 e. The number of nitrogens with two attached hydrogens (primary N) is 1. The van der Waals surface area contributed by atoms with E-state index in [-0.39, 0.29) is 0 Å². The summed E-state index contributed by atoms with van der Waals surface area (Å²) in [5, 5.41) is 1.23. The van der Waals surface area contributed by atoms with Gasteiger partial charge in [0.2, 0.25) is 0 Å². The molecule has 2 aromatic rings. The molecule has 3 nitrogen and oxygen atoms in total. The van der Waals surface area contributed by atoms with Gasteiger partial charge in [-0.3, -0.25) is 4.98 Å². The van der Waals surface area contributed by atoms with E-state index in [1.54, 1.807) is 0 Å². The monoisotopic (exact) mass is 255 g/mol. The third-order valence-corrected chi connectivity index (χ3v) is 4.21. The molecule has 3 heteroatoms. The molecule has 1 saturated carbocycles. The van der Waals surface area contributed by atoms with Crippen molar-refractivity contribution in [1.29, 1.82) is 0 Å². The fourth-order valence-electron chi connectivity index (χ4n) is 3.09. The van der Waals surface area contributed by atoms with Crippen LogP contribution in [0.5, 0.6) is 0 Å². The van der Waals surface area contributed by atoms with Crippen LogP contribution < -0.4 is 10.6 Å². The van der Waals surface area contributed by atoms with Crippen molar-refractivity contribution in [2.24, 2.45) is 5.73 Å². The molecule has 3 rings (SSSR count). The van der Waals surface area contributed by atoms with Gasteiger partial charge in [-0.15, -0.1) is 0 Å². The molecular formula is C16H21N3. The molecule has 1 fully saturated rings. The Kier molecular flexibility index (Phi) is 3.38. The highest BCUT2D eigenvalue weighted by molar-refractivity contribution is 5.92. The smallest absolute Gasteiger partial charge is 0.0726 e. The van der Waals surface area contributed by atoms with Crippen molar-refractivity contribution in [2.45, 2.75) is 38.3 Å². The number of nitrogens with zero attached hydrogens (tertiary/aromatic N) is 2. The van der Waals surface area contributed by atoms with Crippen LogP contribution in [-0.2, 0) is 6.54 Å². The molecule has 0 saturated heterocycles. The fourth-order valence-corrected chi connectivity index (χ4v) is 3.09. The normalized spacial score (nSPS) is 16.1. The lowest BCUT2D eigenvalue weighted by Gasteiger charge is -2.28. The van der Waals surface area contributed by atoms with Crippen LogP contribution in [0.3, 0.4) is 0 Å². The van der Waals surface area contributed by atoms with E-state index in [0.29, 0.717) is 12.6 Å². The van der Waals surface area contributed by atoms with E-state index >= 15 is 0 Å². The second-order valence-electron chi connectivity index (χ2n) is 5.40. The van der Waals surface area contributed by atoms with Gasteiger partial charge in [-0.05, 0) is 25.0 Å². The minimum absolute atomic E-state index is 0.496. The molecule has 0 radical (unpaired) electrons. The predicted octanol–water partition coefficient (Wildman–Crippen LogP) is 3.07. The lowest BCUT2D eigenvalue weighted by Crippen LogP contribution is -2.29. The van der Waals surface area contributed by atoms with E-state index in [1.165, 1.54) is 36.8 Å². The highest BCUT2D eigenvalue weighted by atomic mass is 15.1. The van der Waals surface area contributed by atoms with E-state index in [9.17, 15) is 0 Å². The van der Waals surface area contributed by atoms with Gasteiger partial charge >= 0.3 is 0 Å². The van der Waals surface area contributed by atoms with E-state index < -0.39 is 0 Å². The summed E-state index contributed by atoms with van der Waals surface area (Å²) in [6.45, 7) is 0.496. The maximum atomic E-state index is 5.78. The third-order valence-electron chi connectivity index (χ3n) is 4.21. The molecule has 0 amide bonds. The average molecular weight is 255 g/mol. The second-order valence-corrected chi connectivity index (χ2v) is 5.40. The van der Waals surface area contributed by atoms with E-state index in [2.05, 4.69) is 41.2 Å². The van der Waals surface area contributed by atoms with Crippen LogP contribution in [0.4, 0.5) is 5.69 Å².